The lowest BCUT2D eigenvalue weighted by atomic mass is 10.1. The standard InChI is InChI=1S/C14H14Cl2N2OS/c1-9(6-11-4-3-5-20-11)18(2)14(19)10-7-12(15)13(16)17-8-10/h3-5,7-9H,6H2,1-2H3. The van der Waals surface area contributed by atoms with Gasteiger partial charge in [0.25, 0.3) is 5.91 Å². The lowest BCUT2D eigenvalue weighted by Gasteiger charge is -2.24. The molecule has 0 aliphatic rings. The van der Waals surface area contributed by atoms with Crippen LogP contribution < -0.4 is 0 Å². The maximum Gasteiger partial charge on any atom is 0.255 e. The van der Waals surface area contributed by atoms with Gasteiger partial charge in [0.2, 0.25) is 0 Å². The van der Waals surface area contributed by atoms with Crippen molar-refractivity contribution in [2.45, 2.75) is 19.4 Å². The van der Waals surface area contributed by atoms with Crippen molar-refractivity contribution in [3.8, 4) is 0 Å². The van der Waals surface area contributed by atoms with E-state index in [9.17, 15) is 4.79 Å². The summed E-state index contributed by atoms with van der Waals surface area (Å²) in [5, 5.41) is 2.53. The molecule has 2 heterocycles. The van der Waals surface area contributed by atoms with Gasteiger partial charge in [0, 0.05) is 30.6 Å². The van der Waals surface area contributed by atoms with E-state index in [1.54, 1.807) is 29.4 Å². The number of thiophene rings is 1. The van der Waals surface area contributed by atoms with Crippen LogP contribution in [-0.2, 0) is 6.42 Å². The summed E-state index contributed by atoms with van der Waals surface area (Å²) in [4.78, 5) is 19.2. The highest BCUT2D eigenvalue weighted by Crippen LogP contribution is 2.21. The summed E-state index contributed by atoms with van der Waals surface area (Å²) in [5.41, 5.74) is 0.444. The molecule has 0 fully saturated rings. The first kappa shape index (κ1) is 15.3. The first-order valence-electron chi connectivity index (χ1n) is 6.09. The van der Waals surface area contributed by atoms with Crippen LogP contribution in [0.3, 0.4) is 0 Å². The predicted octanol–water partition coefficient (Wildman–Crippen LogP) is 4.15. The molecule has 2 rings (SSSR count). The Labute approximate surface area is 132 Å². The maximum atomic E-state index is 12.4. The van der Waals surface area contributed by atoms with E-state index in [2.05, 4.69) is 11.1 Å². The molecule has 2 aromatic rings. The van der Waals surface area contributed by atoms with Gasteiger partial charge in [-0.2, -0.15) is 0 Å². The Hall–Kier alpha value is -1.10. The van der Waals surface area contributed by atoms with Crippen LogP contribution in [0.2, 0.25) is 10.2 Å². The number of carbonyl (C=O) groups is 1. The molecule has 106 valence electrons. The summed E-state index contributed by atoms with van der Waals surface area (Å²) in [5.74, 6) is -0.111. The minimum Gasteiger partial charge on any atom is -0.339 e. The molecule has 0 aromatic carbocycles. The molecular weight excluding hydrogens is 315 g/mol. The van der Waals surface area contributed by atoms with E-state index < -0.39 is 0 Å². The molecule has 0 saturated carbocycles. The van der Waals surface area contributed by atoms with E-state index in [1.807, 2.05) is 18.4 Å². The Morgan fingerprint density at radius 3 is 2.85 bits per heavy atom. The molecule has 1 atom stereocenters. The van der Waals surface area contributed by atoms with Crippen molar-refractivity contribution < 1.29 is 4.79 Å². The summed E-state index contributed by atoms with van der Waals surface area (Å²) in [6.07, 6.45) is 2.28. The van der Waals surface area contributed by atoms with Gasteiger partial charge in [-0.25, -0.2) is 4.98 Å². The minimum atomic E-state index is -0.111. The molecule has 2 aromatic heterocycles. The highest BCUT2D eigenvalue weighted by atomic mass is 35.5. The van der Waals surface area contributed by atoms with Crippen LogP contribution in [-0.4, -0.2) is 28.9 Å². The Morgan fingerprint density at radius 1 is 1.50 bits per heavy atom. The van der Waals surface area contributed by atoms with Gasteiger partial charge in [-0.1, -0.05) is 29.3 Å². The van der Waals surface area contributed by atoms with Crippen molar-refractivity contribution >= 4 is 40.4 Å². The molecule has 0 aliphatic heterocycles. The van der Waals surface area contributed by atoms with Crippen molar-refractivity contribution in [1.82, 2.24) is 9.88 Å². The van der Waals surface area contributed by atoms with Crippen molar-refractivity contribution in [2.75, 3.05) is 7.05 Å². The van der Waals surface area contributed by atoms with E-state index in [1.165, 1.54) is 11.1 Å². The van der Waals surface area contributed by atoms with Crippen LogP contribution in [0.5, 0.6) is 0 Å². The van der Waals surface area contributed by atoms with Gasteiger partial charge >= 0.3 is 0 Å². The summed E-state index contributed by atoms with van der Waals surface area (Å²) < 4.78 is 0. The number of pyridine rings is 1. The first-order chi connectivity index (χ1) is 9.49. The summed E-state index contributed by atoms with van der Waals surface area (Å²) >= 11 is 13.3. The van der Waals surface area contributed by atoms with Gasteiger partial charge < -0.3 is 4.90 Å². The molecule has 1 amide bonds. The molecule has 6 heteroatoms. The monoisotopic (exact) mass is 328 g/mol. The van der Waals surface area contributed by atoms with Gasteiger partial charge in [-0.15, -0.1) is 11.3 Å². The zero-order valence-corrected chi connectivity index (χ0v) is 13.5. The Morgan fingerprint density at radius 2 is 2.25 bits per heavy atom. The average Bonchev–Trinajstić information content (AvgIpc) is 2.93. The van der Waals surface area contributed by atoms with Crippen molar-refractivity contribution in [1.29, 1.82) is 0 Å². The zero-order chi connectivity index (χ0) is 14.7. The number of hydrogen-bond donors (Lipinski definition) is 0. The van der Waals surface area contributed by atoms with Crippen molar-refractivity contribution in [2.24, 2.45) is 0 Å². The van der Waals surface area contributed by atoms with E-state index in [-0.39, 0.29) is 22.1 Å². The van der Waals surface area contributed by atoms with Crippen LogP contribution in [0.1, 0.15) is 22.2 Å². The van der Waals surface area contributed by atoms with Crippen LogP contribution in [0.15, 0.2) is 29.8 Å². The van der Waals surface area contributed by atoms with Crippen LogP contribution in [0.25, 0.3) is 0 Å². The maximum absolute atomic E-state index is 12.4. The number of hydrogen-bond acceptors (Lipinski definition) is 3. The third kappa shape index (κ3) is 3.51. The van der Waals surface area contributed by atoms with Gasteiger partial charge in [-0.05, 0) is 24.4 Å². The van der Waals surface area contributed by atoms with E-state index >= 15 is 0 Å². The Balaban J connectivity index is 2.09. The van der Waals surface area contributed by atoms with Crippen LogP contribution in [0.4, 0.5) is 0 Å². The SMILES string of the molecule is CC(Cc1cccs1)N(C)C(=O)c1cnc(Cl)c(Cl)c1. The molecule has 0 saturated heterocycles. The molecular formula is C14H14Cl2N2OS. The van der Waals surface area contributed by atoms with Crippen molar-refractivity contribution in [3.05, 3.63) is 50.4 Å². The second kappa shape index (κ2) is 6.57. The van der Waals surface area contributed by atoms with E-state index in [0.717, 1.165) is 6.42 Å². The molecule has 0 spiro atoms. The highest BCUT2D eigenvalue weighted by molar-refractivity contribution is 7.09. The molecule has 0 radical (unpaired) electrons. The Bertz CT molecular complexity index is 601. The van der Waals surface area contributed by atoms with Crippen LogP contribution in [0, 0.1) is 0 Å². The molecule has 20 heavy (non-hydrogen) atoms. The lowest BCUT2D eigenvalue weighted by molar-refractivity contribution is 0.0743. The number of rotatable bonds is 4. The number of carbonyl (C=O) groups excluding carboxylic acids is 1. The van der Waals surface area contributed by atoms with Gasteiger partial charge in [-0.3, -0.25) is 4.79 Å². The third-order valence-corrected chi connectivity index (χ3v) is 4.69. The molecule has 0 aliphatic carbocycles. The summed E-state index contributed by atoms with van der Waals surface area (Å²) in [6.45, 7) is 2.02. The quantitative estimate of drug-likeness (QED) is 0.790. The lowest BCUT2D eigenvalue weighted by Crippen LogP contribution is -2.36. The fourth-order valence-electron chi connectivity index (χ4n) is 1.80. The summed E-state index contributed by atoms with van der Waals surface area (Å²) in [6, 6.07) is 5.72. The zero-order valence-electron chi connectivity index (χ0n) is 11.1. The number of halogens is 2. The normalized spacial score (nSPS) is 12.2. The average molecular weight is 329 g/mol. The number of amides is 1. The van der Waals surface area contributed by atoms with Crippen LogP contribution >= 0.6 is 34.5 Å². The second-order valence-electron chi connectivity index (χ2n) is 4.55. The van der Waals surface area contributed by atoms with Gasteiger partial charge in [0.05, 0.1) is 10.6 Å². The minimum absolute atomic E-state index is 0.0932. The molecule has 0 bridgehead atoms. The third-order valence-electron chi connectivity index (χ3n) is 3.10. The number of nitrogens with zero attached hydrogens (tertiary/aromatic N) is 2. The first-order valence-corrected chi connectivity index (χ1v) is 7.73. The fraction of sp³-hybridized carbons (Fsp3) is 0.286. The molecule has 3 nitrogen and oxygen atoms in total. The number of aromatic nitrogens is 1. The number of likely N-dealkylation sites (N-methyl/N-ethyl adjacent to an activating group) is 1. The van der Waals surface area contributed by atoms with E-state index in [0.29, 0.717) is 5.56 Å². The smallest absolute Gasteiger partial charge is 0.255 e. The summed E-state index contributed by atoms with van der Waals surface area (Å²) in [7, 11) is 1.78. The van der Waals surface area contributed by atoms with E-state index in [4.69, 9.17) is 23.2 Å². The topological polar surface area (TPSA) is 33.2 Å². The van der Waals surface area contributed by atoms with Gasteiger partial charge in [0.1, 0.15) is 5.15 Å². The van der Waals surface area contributed by atoms with Crippen molar-refractivity contribution in [3.63, 3.8) is 0 Å². The molecule has 0 N–H and O–H groups in total. The second-order valence-corrected chi connectivity index (χ2v) is 6.34. The van der Waals surface area contributed by atoms with Gasteiger partial charge in [0.15, 0.2) is 0 Å². The fourth-order valence-corrected chi connectivity index (χ4v) is 2.89. The highest BCUT2D eigenvalue weighted by Gasteiger charge is 2.19. The largest absolute Gasteiger partial charge is 0.339 e. The predicted molar refractivity (Wildman–Crippen MR) is 83.8 cm³/mol. The Kier molecular flexibility index (Phi) is 5.02. The molecule has 1 unspecified atom stereocenters.